The average Bonchev–Trinajstić information content (AvgIpc) is 3.48. The molecule has 1 atom stereocenters. The van der Waals surface area contributed by atoms with E-state index in [9.17, 15) is 14.4 Å². The van der Waals surface area contributed by atoms with Crippen molar-refractivity contribution in [3.8, 4) is 0 Å². The van der Waals surface area contributed by atoms with Gasteiger partial charge < -0.3 is 5.32 Å². The second kappa shape index (κ2) is 7.23. The summed E-state index contributed by atoms with van der Waals surface area (Å²) in [5.41, 5.74) is 4.08. The first-order valence-corrected chi connectivity index (χ1v) is 9.77. The Labute approximate surface area is 164 Å². The van der Waals surface area contributed by atoms with Crippen LogP contribution in [0.3, 0.4) is 0 Å². The van der Waals surface area contributed by atoms with Gasteiger partial charge >= 0.3 is 0 Å². The Hall–Kier alpha value is -2.95. The van der Waals surface area contributed by atoms with Gasteiger partial charge in [-0.15, -0.1) is 0 Å². The number of hydrogen-bond acceptors (Lipinski definition) is 3. The molecule has 3 amide bonds. The van der Waals surface area contributed by atoms with Crippen molar-refractivity contribution in [3.05, 3.63) is 70.3 Å². The summed E-state index contributed by atoms with van der Waals surface area (Å²) in [6.07, 6.45) is 2.33. The predicted octanol–water partition coefficient (Wildman–Crippen LogP) is 3.56. The SMILES string of the molecule is Cc1ccc([C@@H](NC(=O)CCN2C(=O)c3ccc(C)cc3C2=O)C2CC2)cc1. The van der Waals surface area contributed by atoms with Crippen LogP contribution in [0.5, 0.6) is 0 Å². The number of benzene rings is 2. The lowest BCUT2D eigenvalue weighted by atomic mass is 10.0. The molecule has 2 aliphatic rings. The van der Waals surface area contributed by atoms with Crippen LogP contribution >= 0.6 is 0 Å². The number of hydrogen-bond donors (Lipinski definition) is 1. The third-order valence-corrected chi connectivity index (χ3v) is 5.54. The monoisotopic (exact) mass is 376 g/mol. The van der Waals surface area contributed by atoms with Crippen LogP contribution in [0.4, 0.5) is 0 Å². The van der Waals surface area contributed by atoms with Crippen molar-refractivity contribution in [1.29, 1.82) is 0 Å². The molecule has 0 aromatic heterocycles. The largest absolute Gasteiger partial charge is 0.349 e. The number of imide groups is 1. The van der Waals surface area contributed by atoms with Crippen molar-refractivity contribution in [1.82, 2.24) is 10.2 Å². The lowest BCUT2D eigenvalue weighted by Crippen LogP contribution is -2.36. The summed E-state index contributed by atoms with van der Waals surface area (Å²) in [6.45, 7) is 4.03. The Bertz CT molecular complexity index is 945. The quantitative estimate of drug-likeness (QED) is 0.784. The van der Waals surface area contributed by atoms with Gasteiger partial charge in [-0.1, -0.05) is 41.5 Å². The van der Waals surface area contributed by atoms with E-state index in [1.54, 1.807) is 12.1 Å². The summed E-state index contributed by atoms with van der Waals surface area (Å²) >= 11 is 0. The smallest absolute Gasteiger partial charge is 0.261 e. The minimum absolute atomic E-state index is 0.00192. The molecule has 1 aliphatic carbocycles. The normalized spacial score (nSPS) is 16.9. The number of amides is 3. The molecule has 4 rings (SSSR count). The third-order valence-electron chi connectivity index (χ3n) is 5.54. The number of carbonyl (C=O) groups is 3. The topological polar surface area (TPSA) is 66.5 Å². The van der Waals surface area contributed by atoms with Crippen LogP contribution in [0.1, 0.15) is 62.7 Å². The predicted molar refractivity (Wildman–Crippen MR) is 106 cm³/mol. The van der Waals surface area contributed by atoms with Gasteiger partial charge in [0.05, 0.1) is 17.2 Å². The van der Waals surface area contributed by atoms with Gasteiger partial charge in [-0.25, -0.2) is 0 Å². The molecule has 0 saturated heterocycles. The Balaban J connectivity index is 1.40. The number of rotatable bonds is 6. The maximum Gasteiger partial charge on any atom is 0.261 e. The molecule has 144 valence electrons. The fourth-order valence-corrected chi connectivity index (χ4v) is 3.74. The minimum atomic E-state index is -0.315. The summed E-state index contributed by atoms with van der Waals surface area (Å²) < 4.78 is 0. The van der Waals surface area contributed by atoms with Crippen molar-refractivity contribution in [2.45, 2.75) is 39.2 Å². The number of nitrogens with one attached hydrogen (secondary N) is 1. The zero-order valence-corrected chi connectivity index (χ0v) is 16.2. The van der Waals surface area contributed by atoms with Crippen molar-refractivity contribution in [2.24, 2.45) is 5.92 Å². The molecule has 0 radical (unpaired) electrons. The molecule has 1 N–H and O–H groups in total. The Morgan fingerprint density at radius 3 is 2.32 bits per heavy atom. The average molecular weight is 376 g/mol. The van der Waals surface area contributed by atoms with E-state index in [1.807, 2.05) is 19.9 Å². The maximum absolute atomic E-state index is 12.6. The van der Waals surface area contributed by atoms with E-state index < -0.39 is 0 Å². The standard InChI is InChI=1S/C23H24N2O3/c1-14-3-6-16(7-4-14)21(17-8-9-17)24-20(26)11-12-25-22(27)18-10-5-15(2)13-19(18)23(25)28/h3-7,10,13,17,21H,8-9,11-12H2,1-2H3,(H,24,26)/t21-/m1/s1. The Morgan fingerprint density at radius 2 is 1.64 bits per heavy atom. The lowest BCUT2D eigenvalue weighted by Gasteiger charge is -2.20. The van der Waals surface area contributed by atoms with E-state index in [0.717, 1.165) is 24.0 Å². The summed E-state index contributed by atoms with van der Waals surface area (Å²) in [4.78, 5) is 38.8. The molecule has 0 bridgehead atoms. The highest BCUT2D eigenvalue weighted by atomic mass is 16.2. The van der Waals surface area contributed by atoms with Crippen LogP contribution in [0, 0.1) is 19.8 Å². The van der Waals surface area contributed by atoms with Crippen LogP contribution in [0.15, 0.2) is 42.5 Å². The van der Waals surface area contributed by atoms with Crippen LogP contribution in [0.25, 0.3) is 0 Å². The molecule has 28 heavy (non-hydrogen) atoms. The molecule has 5 heteroatoms. The molecule has 1 saturated carbocycles. The molecule has 1 fully saturated rings. The van der Waals surface area contributed by atoms with Crippen molar-refractivity contribution >= 4 is 17.7 Å². The third kappa shape index (κ3) is 3.57. The van der Waals surface area contributed by atoms with Crippen LogP contribution in [-0.2, 0) is 4.79 Å². The summed E-state index contributed by atoms with van der Waals surface area (Å²) in [7, 11) is 0. The van der Waals surface area contributed by atoms with Crippen molar-refractivity contribution < 1.29 is 14.4 Å². The van der Waals surface area contributed by atoms with Gasteiger partial charge in [-0.05, 0) is 50.3 Å². The highest BCUT2D eigenvalue weighted by Crippen LogP contribution is 2.41. The van der Waals surface area contributed by atoms with E-state index in [1.165, 1.54) is 10.5 Å². The van der Waals surface area contributed by atoms with E-state index in [-0.39, 0.29) is 36.7 Å². The molecular weight excluding hydrogens is 352 g/mol. The van der Waals surface area contributed by atoms with Gasteiger partial charge in [0, 0.05) is 13.0 Å². The first kappa shape index (κ1) is 18.4. The highest BCUT2D eigenvalue weighted by molar-refractivity contribution is 6.21. The second-order valence-corrected chi connectivity index (χ2v) is 7.85. The number of fused-ring (bicyclic) bond motifs is 1. The van der Waals surface area contributed by atoms with Gasteiger partial charge in [0.25, 0.3) is 11.8 Å². The summed E-state index contributed by atoms with van der Waals surface area (Å²) in [5, 5.41) is 3.11. The van der Waals surface area contributed by atoms with Crippen molar-refractivity contribution in [2.75, 3.05) is 6.54 Å². The Kier molecular flexibility index (Phi) is 4.75. The highest BCUT2D eigenvalue weighted by Gasteiger charge is 2.36. The number of nitrogens with zero attached hydrogens (tertiary/aromatic N) is 1. The minimum Gasteiger partial charge on any atom is -0.349 e. The van der Waals surface area contributed by atoms with E-state index >= 15 is 0 Å². The fourth-order valence-electron chi connectivity index (χ4n) is 3.74. The molecule has 2 aromatic carbocycles. The molecular formula is C23H24N2O3. The van der Waals surface area contributed by atoms with E-state index in [0.29, 0.717) is 17.0 Å². The van der Waals surface area contributed by atoms with Gasteiger partial charge in [0.2, 0.25) is 5.91 Å². The van der Waals surface area contributed by atoms with Gasteiger partial charge in [0.1, 0.15) is 0 Å². The molecule has 2 aromatic rings. The van der Waals surface area contributed by atoms with Crippen LogP contribution in [-0.4, -0.2) is 29.2 Å². The lowest BCUT2D eigenvalue weighted by molar-refractivity contribution is -0.122. The van der Waals surface area contributed by atoms with Crippen LogP contribution in [0.2, 0.25) is 0 Å². The van der Waals surface area contributed by atoms with Gasteiger partial charge in [0.15, 0.2) is 0 Å². The first-order valence-electron chi connectivity index (χ1n) is 9.77. The number of aryl methyl sites for hydroxylation is 2. The molecule has 1 heterocycles. The fraction of sp³-hybridized carbons (Fsp3) is 0.348. The number of carbonyl (C=O) groups excluding carboxylic acids is 3. The first-order chi connectivity index (χ1) is 13.4. The maximum atomic E-state index is 12.6. The van der Waals surface area contributed by atoms with Gasteiger partial charge in [-0.3, -0.25) is 19.3 Å². The zero-order chi connectivity index (χ0) is 19.8. The van der Waals surface area contributed by atoms with E-state index in [4.69, 9.17) is 0 Å². The second-order valence-electron chi connectivity index (χ2n) is 7.85. The molecule has 0 spiro atoms. The van der Waals surface area contributed by atoms with E-state index in [2.05, 4.69) is 29.6 Å². The zero-order valence-electron chi connectivity index (χ0n) is 16.2. The van der Waals surface area contributed by atoms with Gasteiger partial charge in [-0.2, -0.15) is 0 Å². The Morgan fingerprint density at radius 1 is 1.00 bits per heavy atom. The molecule has 5 nitrogen and oxygen atoms in total. The molecule has 1 aliphatic heterocycles. The van der Waals surface area contributed by atoms with Crippen molar-refractivity contribution in [3.63, 3.8) is 0 Å². The molecule has 0 unspecified atom stereocenters. The summed E-state index contributed by atoms with van der Waals surface area (Å²) in [5.74, 6) is -0.294. The van der Waals surface area contributed by atoms with Crippen LogP contribution < -0.4 is 5.32 Å². The summed E-state index contributed by atoms with van der Waals surface area (Å²) in [6, 6.07) is 13.5.